The lowest BCUT2D eigenvalue weighted by atomic mass is 10.2. The van der Waals surface area contributed by atoms with E-state index in [4.69, 9.17) is 0 Å². The Morgan fingerprint density at radius 3 is 2.78 bits per heavy atom. The van der Waals surface area contributed by atoms with E-state index in [2.05, 4.69) is 41.2 Å². The highest BCUT2D eigenvalue weighted by atomic mass is 32.2. The molecule has 0 fully saturated rings. The van der Waals surface area contributed by atoms with Crippen LogP contribution in [0.15, 0.2) is 12.5 Å². The van der Waals surface area contributed by atoms with Crippen LogP contribution in [0.4, 0.5) is 0 Å². The van der Waals surface area contributed by atoms with Gasteiger partial charge in [0.2, 0.25) is 0 Å². The van der Waals surface area contributed by atoms with E-state index < -0.39 is 0 Å². The topological polar surface area (TPSA) is 29.9 Å². The molecule has 0 radical (unpaired) electrons. The first-order chi connectivity index (χ1) is 8.72. The fourth-order valence-electron chi connectivity index (χ4n) is 1.82. The molecule has 1 N–H and O–H groups in total. The molecule has 3 nitrogen and oxygen atoms in total. The Labute approximate surface area is 116 Å². The summed E-state index contributed by atoms with van der Waals surface area (Å²) in [6, 6.07) is 0.520. The highest BCUT2D eigenvalue weighted by Gasteiger charge is 1.99. The van der Waals surface area contributed by atoms with E-state index in [1.807, 2.05) is 18.1 Å². The number of unbranched alkanes of at least 4 members (excludes halogenated alkanes) is 3. The van der Waals surface area contributed by atoms with Gasteiger partial charge < -0.3 is 9.88 Å². The first kappa shape index (κ1) is 15.6. The Balaban J connectivity index is 2.11. The zero-order valence-corrected chi connectivity index (χ0v) is 12.8. The lowest BCUT2D eigenvalue weighted by molar-refractivity contribution is 0.575. The minimum absolute atomic E-state index is 0.520. The maximum absolute atomic E-state index is 4.41. The molecule has 0 aliphatic heterocycles. The number of imidazole rings is 1. The normalized spacial score (nSPS) is 11.3. The van der Waals surface area contributed by atoms with Gasteiger partial charge in [0.25, 0.3) is 0 Å². The van der Waals surface area contributed by atoms with Crippen molar-refractivity contribution in [3.63, 3.8) is 0 Å². The van der Waals surface area contributed by atoms with Gasteiger partial charge in [-0.3, -0.25) is 0 Å². The summed E-state index contributed by atoms with van der Waals surface area (Å²) in [5.41, 5.74) is 1.14. The Hall–Kier alpha value is -0.480. The van der Waals surface area contributed by atoms with Crippen LogP contribution < -0.4 is 5.32 Å². The van der Waals surface area contributed by atoms with Gasteiger partial charge in [0.05, 0.1) is 12.0 Å². The summed E-state index contributed by atoms with van der Waals surface area (Å²) in [5, 5.41) is 3.39. The third kappa shape index (κ3) is 7.07. The Morgan fingerprint density at radius 2 is 2.06 bits per heavy atom. The van der Waals surface area contributed by atoms with Crippen LogP contribution in [0.2, 0.25) is 0 Å². The quantitative estimate of drug-likeness (QED) is 0.661. The van der Waals surface area contributed by atoms with Crippen LogP contribution in [-0.4, -0.2) is 27.6 Å². The number of hydrogen-bond donors (Lipinski definition) is 1. The monoisotopic (exact) mass is 269 g/mol. The van der Waals surface area contributed by atoms with E-state index in [-0.39, 0.29) is 0 Å². The molecular weight excluding hydrogens is 242 g/mol. The first-order valence-electron chi connectivity index (χ1n) is 6.95. The molecule has 18 heavy (non-hydrogen) atoms. The van der Waals surface area contributed by atoms with Crippen molar-refractivity contribution in [3.8, 4) is 0 Å². The van der Waals surface area contributed by atoms with Crippen molar-refractivity contribution in [3.05, 3.63) is 18.2 Å². The van der Waals surface area contributed by atoms with Gasteiger partial charge >= 0.3 is 0 Å². The average Bonchev–Trinajstić information content (AvgIpc) is 2.79. The van der Waals surface area contributed by atoms with Crippen LogP contribution in [0.3, 0.4) is 0 Å². The van der Waals surface area contributed by atoms with Gasteiger partial charge in [0.15, 0.2) is 0 Å². The average molecular weight is 269 g/mol. The summed E-state index contributed by atoms with van der Waals surface area (Å²) in [6.07, 6.45) is 11.6. The molecule has 0 saturated carbocycles. The van der Waals surface area contributed by atoms with Gasteiger partial charge in [-0.25, -0.2) is 4.98 Å². The number of nitrogens with zero attached hydrogens (tertiary/aromatic N) is 2. The fourth-order valence-corrected chi connectivity index (χ4v) is 2.32. The van der Waals surface area contributed by atoms with E-state index in [0.717, 1.165) is 18.8 Å². The molecule has 104 valence electrons. The Kier molecular flexibility index (Phi) is 8.18. The molecule has 0 spiro atoms. The van der Waals surface area contributed by atoms with Crippen LogP contribution >= 0.6 is 11.8 Å². The van der Waals surface area contributed by atoms with E-state index in [0.29, 0.717) is 6.04 Å². The number of aromatic nitrogens is 2. The number of aryl methyl sites for hydroxylation is 1. The van der Waals surface area contributed by atoms with Crippen molar-refractivity contribution in [1.29, 1.82) is 0 Å². The first-order valence-corrected chi connectivity index (χ1v) is 8.34. The molecule has 1 aromatic heterocycles. The number of thioether (sulfide) groups is 1. The van der Waals surface area contributed by atoms with Crippen molar-refractivity contribution >= 4 is 11.8 Å². The van der Waals surface area contributed by atoms with Crippen LogP contribution in [0.25, 0.3) is 0 Å². The van der Waals surface area contributed by atoms with Crippen LogP contribution in [0, 0.1) is 0 Å². The predicted molar refractivity (Wildman–Crippen MR) is 81.1 cm³/mol. The predicted octanol–water partition coefficient (Wildman–Crippen LogP) is 3.30. The standard InChI is InChI=1S/C14H27N3S/c1-13(2)15-10-14-11-17(12-16-14)8-6-4-5-7-9-18-3/h11-13,15H,4-10H2,1-3H3. The van der Waals surface area contributed by atoms with Gasteiger partial charge in [0.1, 0.15) is 0 Å². The molecule has 0 atom stereocenters. The van der Waals surface area contributed by atoms with Gasteiger partial charge in [0, 0.05) is 25.3 Å². The van der Waals surface area contributed by atoms with E-state index in [9.17, 15) is 0 Å². The second-order valence-corrected chi connectivity index (χ2v) is 6.03. The highest BCUT2D eigenvalue weighted by Crippen LogP contribution is 2.06. The Bertz CT molecular complexity index is 310. The molecule has 0 amide bonds. The Morgan fingerprint density at radius 1 is 1.28 bits per heavy atom. The van der Waals surface area contributed by atoms with Crippen LogP contribution in [0.1, 0.15) is 45.2 Å². The molecule has 0 saturated heterocycles. The van der Waals surface area contributed by atoms with Crippen LogP contribution in [-0.2, 0) is 13.1 Å². The highest BCUT2D eigenvalue weighted by molar-refractivity contribution is 7.98. The maximum atomic E-state index is 4.41. The minimum atomic E-state index is 0.520. The minimum Gasteiger partial charge on any atom is -0.337 e. The summed E-state index contributed by atoms with van der Waals surface area (Å²) in [6.45, 7) is 6.30. The molecule has 4 heteroatoms. The molecule has 0 bridgehead atoms. The van der Waals surface area contributed by atoms with E-state index in [1.54, 1.807) is 0 Å². The summed E-state index contributed by atoms with van der Waals surface area (Å²) >= 11 is 1.94. The molecular formula is C14H27N3S. The SMILES string of the molecule is CSCCCCCCn1cnc(CNC(C)C)c1. The van der Waals surface area contributed by atoms with Crippen molar-refractivity contribution in [1.82, 2.24) is 14.9 Å². The van der Waals surface area contributed by atoms with Crippen molar-refractivity contribution < 1.29 is 0 Å². The van der Waals surface area contributed by atoms with Gasteiger partial charge in [-0.15, -0.1) is 0 Å². The van der Waals surface area contributed by atoms with Crippen molar-refractivity contribution in [2.75, 3.05) is 12.0 Å². The van der Waals surface area contributed by atoms with E-state index >= 15 is 0 Å². The molecule has 1 aromatic rings. The summed E-state index contributed by atoms with van der Waals surface area (Å²) in [7, 11) is 0. The van der Waals surface area contributed by atoms with Gasteiger partial charge in [-0.2, -0.15) is 11.8 Å². The van der Waals surface area contributed by atoms with Crippen molar-refractivity contribution in [2.45, 2.75) is 58.7 Å². The number of nitrogens with one attached hydrogen (secondary N) is 1. The van der Waals surface area contributed by atoms with Gasteiger partial charge in [-0.1, -0.05) is 26.7 Å². The lowest BCUT2D eigenvalue weighted by Gasteiger charge is -2.05. The van der Waals surface area contributed by atoms with Crippen molar-refractivity contribution in [2.24, 2.45) is 0 Å². The molecule has 1 rings (SSSR count). The van der Waals surface area contributed by atoms with Gasteiger partial charge in [-0.05, 0) is 24.9 Å². The fraction of sp³-hybridized carbons (Fsp3) is 0.786. The molecule has 0 aliphatic carbocycles. The smallest absolute Gasteiger partial charge is 0.0949 e. The molecule has 0 aliphatic rings. The summed E-state index contributed by atoms with van der Waals surface area (Å²) in [5.74, 6) is 1.30. The summed E-state index contributed by atoms with van der Waals surface area (Å²) < 4.78 is 2.21. The lowest BCUT2D eigenvalue weighted by Crippen LogP contribution is -2.21. The zero-order valence-electron chi connectivity index (χ0n) is 12.0. The zero-order chi connectivity index (χ0) is 13.2. The van der Waals surface area contributed by atoms with E-state index in [1.165, 1.54) is 31.4 Å². The third-order valence-electron chi connectivity index (χ3n) is 2.89. The molecule has 1 heterocycles. The molecule has 0 aromatic carbocycles. The van der Waals surface area contributed by atoms with Crippen LogP contribution in [0.5, 0.6) is 0 Å². The second kappa shape index (κ2) is 9.45. The second-order valence-electron chi connectivity index (χ2n) is 5.05. The third-order valence-corrected chi connectivity index (χ3v) is 3.59. The maximum Gasteiger partial charge on any atom is 0.0949 e. The summed E-state index contributed by atoms with van der Waals surface area (Å²) in [4.78, 5) is 4.41. The number of rotatable bonds is 10. The largest absolute Gasteiger partial charge is 0.337 e. The number of hydrogen-bond acceptors (Lipinski definition) is 3. The molecule has 0 unspecified atom stereocenters.